The van der Waals surface area contributed by atoms with Gasteiger partial charge in [0.1, 0.15) is 5.75 Å². The Kier molecular flexibility index (Phi) is 3.40. The van der Waals surface area contributed by atoms with E-state index in [1.165, 1.54) is 0 Å². The van der Waals surface area contributed by atoms with E-state index in [9.17, 15) is 5.11 Å². The molecule has 3 heteroatoms. The Morgan fingerprint density at radius 2 is 1.65 bits per heavy atom. The molecule has 0 radical (unpaired) electrons. The lowest BCUT2D eigenvalue weighted by atomic mass is 10.0. The van der Waals surface area contributed by atoms with Crippen molar-refractivity contribution in [1.82, 2.24) is 0 Å². The Balaban J connectivity index is 2.06. The number of benzene rings is 3. The summed E-state index contributed by atoms with van der Waals surface area (Å²) in [4.78, 5) is 4.38. The lowest BCUT2D eigenvalue weighted by Crippen LogP contribution is -1.85. The fourth-order valence-corrected chi connectivity index (χ4v) is 2.21. The number of nitrogens with zero attached hydrogens (tertiary/aromatic N) is 1. The van der Waals surface area contributed by atoms with E-state index in [-0.39, 0.29) is 5.75 Å². The summed E-state index contributed by atoms with van der Waals surface area (Å²) in [5.74, 6) is 0.224. The van der Waals surface area contributed by atoms with Gasteiger partial charge in [-0.1, -0.05) is 41.9 Å². The monoisotopic (exact) mass is 281 g/mol. The molecule has 0 fully saturated rings. The van der Waals surface area contributed by atoms with E-state index in [2.05, 4.69) is 4.99 Å². The molecule has 0 amide bonds. The predicted octanol–water partition coefficient (Wildman–Crippen LogP) is 4.95. The van der Waals surface area contributed by atoms with Crippen molar-refractivity contribution < 1.29 is 5.11 Å². The summed E-state index contributed by atoms with van der Waals surface area (Å²) in [5.41, 5.74) is 1.51. The van der Waals surface area contributed by atoms with Crippen molar-refractivity contribution in [2.24, 2.45) is 4.99 Å². The molecule has 0 saturated carbocycles. The first kappa shape index (κ1) is 12.7. The van der Waals surface area contributed by atoms with Gasteiger partial charge in [-0.2, -0.15) is 0 Å². The molecule has 0 unspecified atom stereocenters. The highest BCUT2D eigenvalue weighted by Gasteiger charge is 2.04. The highest BCUT2D eigenvalue weighted by Crippen LogP contribution is 2.26. The predicted molar refractivity (Wildman–Crippen MR) is 84.3 cm³/mol. The first-order chi connectivity index (χ1) is 9.74. The van der Waals surface area contributed by atoms with Crippen LogP contribution in [0.25, 0.3) is 10.8 Å². The Labute approximate surface area is 122 Å². The molecule has 0 aliphatic carbocycles. The lowest BCUT2D eigenvalue weighted by Gasteiger charge is -2.04. The van der Waals surface area contributed by atoms with Gasteiger partial charge in [-0.05, 0) is 41.1 Å². The van der Waals surface area contributed by atoms with Crippen LogP contribution in [0, 0.1) is 0 Å². The highest BCUT2D eigenvalue weighted by atomic mass is 35.5. The van der Waals surface area contributed by atoms with Gasteiger partial charge in [0.15, 0.2) is 0 Å². The molecule has 0 saturated heterocycles. The molecule has 0 heterocycles. The summed E-state index contributed by atoms with van der Waals surface area (Å²) in [7, 11) is 0. The normalized spacial score (nSPS) is 11.2. The zero-order chi connectivity index (χ0) is 13.9. The van der Waals surface area contributed by atoms with Crippen molar-refractivity contribution in [2.45, 2.75) is 0 Å². The number of aromatic hydroxyl groups is 1. The number of hydrogen-bond donors (Lipinski definition) is 1. The molecular weight excluding hydrogens is 270 g/mol. The fourth-order valence-electron chi connectivity index (χ4n) is 2.09. The van der Waals surface area contributed by atoms with Gasteiger partial charge in [-0.25, -0.2) is 0 Å². The third kappa shape index (κ3) is 2.51. The average molecular weight is 282 g/mol. The summed E-state index contributed by atoms with van der Waals surface area (Å²) in [5, 5.41) is 12.7. The summed E-state index contributed by atoms with van der Waals surface area (Å²) in [6.45, 7) is 0. The molecule has 98 valence electrons. The van der Waals surface area contributed by atoms with Crippen molar-refractivity contribution in [3.05, 3.63) is 71.2 Å². The summed E-state index contributed by atoms with van der Waals surface area (Å²) < 4.78 is 0. The Hall–Kier alpha value is -2.32. The largest absolute Gasteiger partial charge is 0.507 e. The molecule has 0 aromatic heterocycles. The molecule has 3 rings (SSSR count). The van der Waals surface area contributed by atoms with Crippen molar-refractivity contribution in [1.29, 1.82) is 0 Å². The number of fused-ring (bicyclic) bond motifs is 1. The number of halogens is 1. The number of phenolic OH excluding ortho intramolecular Hbond substituents is 1. The fraction of sp³-hybridized carbons (Fsp3) is 0. The minimum Gasteiger partial charge on any atom is -0.507 e. The Morgan fingerprint density at radius 1 is 0.900 bits per heavy atom. The third-order valence-corrected chi connectivity index (χ3v) is 3.37. The first-order valence-electron chi connectivity index (χ1n) is 6.24. The Bertz CT molecular complexity index is 779. The number of rotatable bonds is 2. The minimum atomic E-state index is 0.224. The van der Waals surface area contributed by atoms with Gasteiger partial charge in [0, 0.05) is 16.8 Å². The zero-order valence-electron chi connectivity index (χ0n) is 10.6. The molecule has 0 atom stereocenters. The second kappa shape index (κ2) is 5.35. The van der Waals surface area contributed by atoms with Crippen LogP contribution in [-0.4, -0.2) is 11.3 Å². The van der Waals surface area contributed by atoms with Crippen LogP contribution in [0.1, 0.15) is 5.56 Å². The third-order valence-electron chi connectivity index (χ3n) is 3.12. The van der Waals surface area contributed by atoms with E-state index in [4.69, 9.17) is 11.6 Å². The molecular formula is C17H12ClNO. The molecule has 0 bridgehead atoms. The van der Waals surface area contributed by atoms with Crippen LogP contribution in [0.2, 0.25) is 5.02 Å². The molecule has 0 aliphatic rings. The maximum absolute atomic E-state index is 10.0. The van der Waals surface area contributed by atoms with E-state index < -0.39 is 0 Å². The second-order valence-electron chi connectivity index (χ2n) is 4.45. The SMILES string of the molecule is Oc1ccc2ccccc2c1C=Nc1ccc(Cl)cc1. The maximum Gasteiger partial charge on any atom is 0.124 e. The van der Waals surface area contributed by atoms with E-state index in [0.717, 1.165) is 22.0 Å². The maximum atomic E-state index is 10.0. The van der Waals surface area contributed by atoms with Gasteiger partial charge in [-0.15, -0.1) is 0 Å². The van der Waals surface area contributed by atoms with Gasteiger partial charge in [-0.3, -0.25) is 4.99 Å². The summed E-state index contributed by atoms with van der Waals surface area (Å²) in [6, 6.07) is 18.7. The highest BCUT2D eigenvalue weighted by molar-refractivity contribution is 6.30. The standard InChI is InChI=1S/C17H12ClNO/c18-13-6-8-14(9-7-13)19-11-16-15-4-2-1-3-12(15)5-10-17(16)20/h1-11,20H. The van der Waals surface area contributed by atoms with Crippen molar-refractivity contribution in [2.75, 3.05) is 0 Å². The van der Waals surface area contributed by atoms with Gasteiger partial charge in [0.25, 0.3) is 0 Å². The smallest absolute Gasteiger partial charge is 0.124 e. The quantitative estimate of drug-likeness (QED) is 0.662. The molecule has 3 aromatic rings. The van der Waals surface area contributed by atoms with Crippen LogP contribution in [0.3, 0.4) is 0 Å². The number of hydrogen-bond acceptors (Lipinski definition) is 2. The second-order valence-corrected chi connectivity index (χ2v) is 4.89. The number of aliphatic imine (C=N–C) groups is 1. The van der Waals surface area contributed by atoms with Crippen molar-refractivity contribution in [3.63, 3.8) is 0 Å². The Morgan fingerprint density at radius 3 is 2.45 bits per heavy atom. The molecule has 3 aromatic carbocycles. The van der Waals surface area contributed by atoms with Crippen LogP contribution >= 0.6 is 11.6 Å². The number of phenols is 1. The van der Waals surface area contributed by atoms with Crippen LogP contribution in [0.5, 0.6) is 5.75 Å². The van der Waals surface area contributed by atoms with Gasteiger partial charge in [0.2, 0.25) is 0 Å². The van der Waals surface area contributed by atoms with Crippen LogP contribution in [-0.2, 0) is 0 Å². The van der Waals surface area contributed by atoms with E-state index in [1.807, 2.05) is 42.5 Å². The van der Waals surface area contributed by atoms with Crippen LogP contribution < -0.4 is 0 Å². The van der Waals surface area contributed by atoms with Crippen LogP contribution in [0.15, 0.2) is 65.7 Å². The lowest BCUT2D eigenvalue weighted by molar-refractivity contribution is 0.475. The average Bonchev–Trinajstić information content (AvgIpc) is 2.48. The molecule has 0 aliphatic heterocycles. The van der Waals surface area contributed by atoms with E-state index >= 15 is 0 Å². The molecule has 2 nitrogen and oxygen atoms in total. The topological polar surface area (TPSA) is 32.6 Å². The zero-order valence-corrected chi connectivity index (χ0v) is 11.4. The van der Waals surface area contributed by atoms with Crippen molar-refractivity contribution in [3.8, 4) is 5.75 Å². The van der Waals surface area contributed by atoms with Crippen molar-refractivity contribution >= 4 is 34.3 Å². The van der Waals surface area contributed by atoms with Gasteiger partial charge in [0.05, 0.1) is 5.69 Å². The van der Waals surface area contributed by atoms with Crippen LogP contribution in [0.4, 0.5) is 5.69 Å². The summed E-state index contributed by atoms with van der Waals surface area (Å²) in [6.07, 6.45) is 1.68. The molecule has 0 spiro atoms. The molecule has 1 N–H and O–H groups in total. The first-order valence-corrected chi connectivity index (χ1v) is 6.62. The molecule has 20 heavy (non-hydrogen) atoms. The summed E-state index contributed by atoms with van der Waals surface area (Å²) >= 11 is 5.84. The van der Waals surface area contributed by atoms with Gasteiger partial charge >= 0.3 is 0 Å². The van der Waals surface area contributed by atoms with Gasteiger partial charge < -0.3 is 5.11 Å². The van der Waals surface area contributed by atoms with E-state index in [1.54, 1.807) is 24.4 Å². The van der Waals surface area contributed by atoms with E-state index in [0.29, 0.717) is 5.02 Å². The minimum absolute atomic E-state index is 0.224.